The molecule has 0 atom stereocenters. The van der Waals surface area contributed by atoms with Crippen LogP contribution in [-0.2, 0) is 6.54 Å². The van der Waals surface area contributed by atoms with Crippen LogP contribution >= 0.6 is 27.5 Å². The molecule has 1 heterocycles. The van der Waals surface area contributed by atoms with Gasteiger partial charge in [-0.2, -0.15) is 5.10 Å². The predicted octanol–water partition coefficient (Wildman–Crippen LogP) is 3.35. The maximum absolute atomic E-state index is 11.9. The lowest BCUT2D eigenvalue weighted by Gasteiger charge is -2.07. The second-order valence-electron chi connectivity index (χ2n) is 4.47. The number of rotatable bonds is 4. The van der Waals surface area contributed by atoms with E-state index >= 15 is 0 Å². The molecule has 20 heavy (non-hydrogen) atoms. The fourth-order valence-corrected chi connectivity index (χ4v) is 2.28. The number of nitrogens with one attached hydrogen (secondary N) is 1. The van der Waals surface area contributed by atoms with Gasteiger partial charge >= 0.3 is 0 Å². The summed E-state index contributed by atoms with van der Waals surface area (Å²) in [6.45, 7) is 5.10. The summed E-state index contributed by atoms with van der Waals surface area (Å²) >= 11 is 9.27. The van der Waals surface area contributed by atoms with Crippen LogP contribution in [0.4, 0.5) is 0 Å². The summed E-state index contributed by atoms with van der Waals surface area (Å²) < 4.78 is 2.89. The van der Waals surface area contributed by atoms with Gasteiger partial charge in [0.1, 0.15) is 0 Å². The van der Waals surface area contributed by atoms with Gasteiger partial charge in [0.05, 0.1) is 16.7 Å². The number of benzene rings is 1. The number of nitrogens with zero attached hydrogens (tertiary/aromatic N) is 2. The lowest BCUT2D eigenvalue weighted by Crippen LogP contribution is -2.27. The molecule has 0 fully saturated rings. The quantitative estimate of drug-likeness (QED) is 0.913. The second-order valence-corrected chi connectivity index (χ2v) is 5.70. The first kappa shape index (κ1) is 15.1. The molecular formula is C14H15BrClN3O. The molecule has 0 aliphatic rings. The molecule has 0 bridgehead atoms. The summed E-state index contributed by atoms with van der Waals surface area (Å²) in [4.78, 5) is 11.9. The standard InChI is InChI=1S/C14H15BrClN3O/c1-9-13(15)10(2)19(18-9)8-7-17-14(20)11-3-5-12(16)6-4-11/h3-6H,7-8H2,1-2H3,(H,17,20). The van der Waals surface area contributed by atoms with E-state index in [1.807, 2.05) is 18.5 Å². The van der Waals surface area contributed by atoms with E-state index in [2.05, 4.69) is 26.3 Å². The number of hydrogen-bond acceptors (Lipinski definition) is 2. The monoisotopic (exact) mass is 355 g/mol. The number of amides is 1. The minimum atomic E-state index is -0.109. The minimum absolute atomic E-state index is 0.109. The average molecular weight is 357 g/mol. The van der Waals surface area contributed by atoms with E-state index in [9.17, 15) is 4.79 Å². The summed E-state index contributed by atoms with van der Waals surface area (Å²) in [5.41, 5.74) is 2.61. The zero-order valence-corrected chi connectivity index (χ0v) is 13.6. The van der Waals surface area contributed by atoms with E-state index < -0.39 is 0 Å². The Labute approximate surface area is 131 Å². The Bertz CT molecular complexity index is 622. The van der Waals surface area contributed by atoms with E-state index in [-0.39, 0.29) is 5.91 Å². The molecule has 0 spiro atoms. The van der Waals surface area contributed by atoms with E-state index in [4.69, 9.17) is 11.6 Å². The summed E-state index contributed by atoms with van der Waals surface area (Å²) in [5, 5.41) is 7.88. The number of aryl methyl sites for hydroxylation is 1. The molecule has 1 aromatic carbocycles. The van der Waals surface area contributed by atoms with E-state index in [1.165, 1.54) is 0 Å². The highest BCUT2D eigenvalue weighted by molar-refractivity contribution is 9.10. The third-order valence-corrected chi connectivity index (χ3v) is 4.41. The Hall–Kier alpha value is -1.33. The molecule has 6 heteroatoms. The van der Waals surface area contributed by atoms with Crippen molar-refractivity contribution in [2.45, 2.75) is 20.4 Å². The van der Waals surface area contributed by atoms with Crippen molar-refractivity contribution in [2.75, 3.05) is 6.54 Å². The third-order valence-electron chi connectivity index (χ3n) is 3.01. The first-order valence-corrected chi connectivity index (χ1v) is 7.39. The molecule has 4 nitrogen and oxygen atoms in total. The van der Waals surface area contributed by atoms with Gasteiger partial charge in [-0.15, -0.1) is 0 Å². The first-order chi connectivity index (χ1) is 9.49. The molecule has 0 saturated heterocycles. The first-order valence-electron chi connectivity index (χ1n) is 6.22. The maximum Gasteiger partial charge on any atom is 0.251 e. The highest BCUT2D eigenvalue weighted by Gasteiger charge is 2.09. The average Bonchev–Trinajstić information content (AvgIpc) is 2.67. The largest absolute Gasteiger partial charge is 0.350 e. The highest BCUT2D eigenvalue weighted by atomic mass is 79.9. The van der Waals surface area contributed by atoms with Gasteiger partial charge in [-0.1, -0.05) is 11.6 Å². The van der Waals surface area contributed by atoms with Crippen molar-refractivity contribution < 1.29 is 4.79 Å². The summed E-state index contributed by atoms with van der Waals surface area (Å²) in [6, 6.07) is 6.82. The van der Waals surface area contributed by atoms with Crippen LogP contribution in [-0.4, -0.2) is 22.2 Å². The van der Waals surface area contributed by atoms with Gasteiger partial charge in [0.15, 0.2) is 0 Å². The van der Waals surface area contributed by atoms with Gasteiger partial charge in [-0.3, -0.25) is 9.48 Å². The Balaban J connectivity index is 1.91. The Kier molecular flexibility index (Phi) is 4.83. The molecule has 0 aliphatic heterocycles. The molecule has 2 rings (SSSR count). The van der Waals surface area contributed by atoms with Gasteiger partial charge in [0.2, 0.25) is 0 Å². The van der Waals surface area contributed by atoms with Crippen molar-refractivity contribution in [3.8, 4) is 0 Å². The van der Waals surface area contributed by atoms with Crippen LogP contribution < -0.4 is 5.32 Å². The maximum atomic E-state index is 11.9. The van der Waals surface area contributed by atoms with Gasteiger partial charge in [-0.05, 0) is 54.0 Å². The molecule has 1 N–H and O–H groups in total. The Morgan fingerprint density at radius 2 is 2.00 bits per heavy atom. The smallest absolute Gasteiger partial charge is 0.251 e. The highest BCUT2D eigenvalue weighted by Crippen LogP contribution is 2.19. The molecule has 1 amide bonds. The van der Waals surface area contributed by atoms with Crippen molar-refractivity contribution >= 4 is 33.4 Å². The van der Waals surface area contributed by atoms with Crippen LogP contribution in [0.5, 0.6) is 0 Å². The van der Waals surface area contributed by atoms with Crippen molar-refractivity contribution in [1.82, 2.24) is 15.1 Å². The topological polar surface area (TPSA) is 46.9 Å². The van der Waals surface area contributed by atoms with Crippen LogP contribution in [0.15, 0.2) is 28.7 Å². The molecule has 2 aromatic rings. The minimum Gasteiger partial charge on any atom is -0.350 e. The van der Waals surface area contributed by atoms with Crippen LogP contribution in [0, 0.1) is 13.8 Å². The number of aromatic nitrogens is 2. The zero-order chi connectivity index (χ0) is 14.7. The SMILES string of the molecule is Cc1nn(CCNC(=O)c2ccc(Cl)cc2)c(C)c1Br. The van der Waals surface area contributed by atoms with Gasteiger partial charge < -0.3 is 5.32 Å². The van der Waals surface area contributed by atoms with E-state index in [1.54, 1.807) is 24.3 Å². The summed E-state index contributed by atoms with van der Waals surface area (Å²) in [6.07, 6.45) is 0. The molecule has 106 valence electrons. The fourth-order valence-electron chi connectivity index (χ4n) is 1.87. The van der Waals surface area contributed by atoms with Crippen LogP contribution in [0.3, 0.4) is 0 Å². The van der Waals surface area contributed by atoms with Crippen molar-refractivity contribution in [3.05, 3.63) is 50.7 Å². The van der Waals surface area contributed by atoms with Crippen LogP contribution in [0.2, 0.25) is 5.02 Å². The number of carbonyl (C=O) groups excluding carboxylic acids is 1. The number of carbonyl (C=O) groups is 1. The Morgan fingerprint density at radius 1 is 1.35 bits per heavy atom. The normalized spacial score (nSPS) is 10.6. The predicted molar refractivity (Wildman–Crippen MR) is 83.2 cm³/mol. The van der Waals surface area contributed by atoms with Crippen molar-refractivity contribution in [1.29, 1.82) is 0 Å². The van der Waals surface area contributed by atoms with Crippen molar-refractivity contribution in [3.63, 3.8) is 0 Å². The molecule has 0 aliphatic carbocycles. The third kappa shape index (κ3) is 3.41. The van der Waals surface area contributed by atoms with Gasteiger partial charge in [0.25, 0.3) is 5.91 Å². The zero-order valence-electron chi connectivity index (χ0n) is 11.3. The Morgan fingerprint density at radius 3 is 2.55 bits per heavy atom. The van der Waals surface area contributed by atoms with Crippen LogP contribution in [0.1, 0.15) is 21.7 Å². The summed E-state index contributed by atoms with van der Waals surface area (Å²) in [7, 11) is 0. The van der Waals surface area contributed by atoms with Gasteiger partial charge in [-0.25, -0.2) is 0 Å². The van der Waals surface area contributed by atoms with E-state index in [0.29, 0.717) is 23.7 Å². The molecule has 0 saturated carbocycles. The molecule has 0 radical (unpaired) electrons. The second kappa shape index (κ2) is 6.41. The molecular weight excluding hydrogens is 342 g/mol. The summed E-state index contributed by atoms with van der Waals surface area (Å²) in [5.74, 6) is -0.109. The molecule has 1 aromatic heterocycles. The van der Waals surface area contributed by atoms with E-state index in [0.717, 1.165) is 15.9 Å². The lowest BCUT2D eigenvalue weighted by atomic mass is 10.2. The lowest BCUT2D eigenvalue weighted by molar-refractivity contribution is 0.0952. The number of halogens is 2. The van der Waals surface area contributed by atoms with Crippen molar-refractivity contribution in [2.24, 2.45) is 0 Å². The molecule has 0 unspecified atom stereocenters. The van der Waals surface area contributed by atoms with Gasteiger partial charge in [0, 0.05) is 22.8 Å². The fraction of sp³-hybridized carbons (Fsp3) is 0.286. The van der Waals surface area contributed by atoms with Crippen LogP contribution in [0.25, 0.3) is 0 Å². The number of hydrogen-bond donors (Lipinski definition) is 1.